The van der Waals surface area contributed by atoms with Crippen LogP contribution in [0.25, 0.3) is 11.4 Å². The number of thioether (sulfide) groups is 1. The number of carbonyl (C=O) groups excluding carboxylic acids is 2. The normalized spacial score (nSPS) is 13.3. The molecule has 0 saturated carbocycles. The molecule has 0 saturated heterocycles. The van der Waals surface area contributed by atoms with E-state index in [1.807, 2.05) is 25.2 Å². The number of hydrogen-bond donors (Lipinski definition) is 1. The van der Waals surface area contributed by atoms with Gasteiger partial charge in [0.05, 0.1) is 18.4 Å². The number of ether oxygens (including phenoxy) is 1. The van der Waals surface area contributed by atoms with Crippen molar-refractivity contribution in [3.8, 4) is 11.4 Å². The van der Waals surface area contributed by atoms with Crippen LogP contribution < -0.4 is 5.32 Å². The lowest BCUT2D eigenvalue weighted by molar-refractivity contribution is -0.113. The van der Waals surface area contributed by atoms with Crippen LogP contribution in [0, 0.1) is 13.8 Å². The Morgan fingerprint density at radius 2 is 2.00 bits per heavy atom. The van der Waals surface area contributed by atoms with E-state index < -0.39 is 5.97 Å². The van der Waals surface area contributed by atoms with Crippen molar-refractivity contribution in [3.05, 3.63) is 31.8 Å². The molecule has 33 heavy (non-hydrogen) atoms. The molecule has 0 atom stereocenters. The Morgan fingerprint density at radius 1 is 1.24 bits per heavy atom. The number of rotatable bonds is 7. The Kier molecular flexibility index (Phi) is 7.25. The number of nitrogens with zero attached hydrogens (tertiary/aromatic N) is 3. The fourth-order valence-corrected chi connectivity index (χ4v) is 7.12. The van der Waals surface area contributed by atoms with Crippen molar-refractivity contribution >= 4 is 51.3 Å². The van der Waals surface area contributed by atoms with E-state index in [0.717, 1.165) is 34.3 Å². The van der Waals surface area contributed by atoms with Gasteiger partial charge < -0.3 is 10.1 Å². The Balaban J connectivity index is 1.52. The van der Waals surface area contributed by atoms with Crippen LogP contribution in [0.4, 0.5) is 5.00 Å². The quantitative estimate of drug-likeness (QED) is 0.330. The maximum absolute atomic E-state index is 12.7. The van der Waals surface area contributed by atoms with Gasteiger partial charge in [-0.25, -0.2) is 4.79 Å². The van der Waals surface area contributed by atoms with E-state index in [4.69, 9.17) is 4.74 Å². The largest absolute Gasteiger partial charge is 0.465 e. The molecule has 3 heterocycles. The van der Waals surface area contributed by atoms with Gasteiger partial charge in [0.15, 0.2) is 11.0 Å². The highest BCUT2D eigenvalue weighted by Crippen LogP contribution is 2.38. The Labute approximate surface area is 206 Å². The highest BCUT2D eigenvalue weighted by atomic mass is 32.2. The summed E-state index contributed by atoms with van der Waals surface area (Å²) in [6.07, 6.45) is 4.70. The summed E-state index contributed by atoms with van der Waals surface area (Å²) in [4.78, 5) is 27.4. The number of carbonyl (C=O) groups is 2. The predicted molar refractivity (Wildman–Crippen MR) is 135 cm³/mol. The molecule has 3 aromatic heterocycles. The first-order chi connectivity index (χ1) is 15.8. The average molecular weight is 505 g/mol. The summed E-state index contributed by atoms with van der Waals surface area (Å²) < 4.78 is 7.01. The van der Waals surface area contributed by atoms with Crippen molar-refractivity contribution in [2.75, 3.05) is 18.2 Å². The molecule has 176 valence electrons. The number of amides is 1. The van der Waals surface area contributed by atoms with Crippen LogP contribution in [-0.2, 0) is 22.4 Å². The second kappa shape index (κ2) is 9.99. The van der Waals surface area contributed by atoms with E-state index in [1.165, 1.54) is 59.1 Å². The van der Waals surface area contributed by atoms with Gasteiger partial charge in [-0.3, -0.25) is 9.36 Å². The number of anilines is 1. The molecule has 0 fully saturated rings. The standard InChI is InChI=1S/C23H28N4O3S3/c1-12(2)27-20(16-10-31-17-9-7-6-8-15(16)17)25-26-23(27)32-11-18(28)24-21-19(22(29)30-5)13(3)14(4)33-21/h10,12H,6-9,11H2,1-5H3,(H,24,28). The highest BCUT2D eigenvalue weighted by molar-refractivity contribution is 7.99. The van der Waals surface area contributed by atoms with Crippen molar-refractivity contribution < 1.29 is 14.3 Å². The van der Waals surface area contributed by atoms with Crippen LogP contribution in [0.3, 0.4) is 0 Å². The molecule has 10 heteroatoms. The summed E-state index contributed by atoms with van der Waals surface area (Å²) in [5, 5.41) is 15.3. The van der Waals surface area contributed by atoms with Gasteiger partial charge in [0.1, 0.15) is 5.00 Å². The maximum Gasteiger partial charge on any atom is 0.341 e. The van der Waals surface area contributed by atoms with Crippen molar-refractivity contribution in [2.45, 2.75) is 64.6 Å². The minimum atomic E-state index is -0.442. The molecule has 0 aromatic carbocycles. The third-order valence-electron chi connectivity index (χ3n) is 5.84. The van der Waals surface area contributed by atoms with Gasteiger partial charge in [0.2, 0.25) is 5.91 Å². The van der Waals surface area contributed by atoms with Crippen LogP contribution in [0.1, 0.15) is 64.0 Å². The van der Waals surface area contributed by atoms with Crippen molar-refractivity contribution in [2.24, 2.45) is 0 Å². The molecule has 0 unspecified atom stereocenters. The first kappa shape index (κ1) is 24.0. The summed E-state index contributed by atoms with van der Waals surface area (Å²) in [5.41, 5.74) is 3.85. The Morgan fingerprint density at radius 3 is 2.73 bits per heavy atom. The second-order valence-corrected chi connectivity index (χ2v) is 11.5. The lowest BCUT2D eigenvalue weighted by Gasteiger charge is -2.16. The fraction of sp³-hybridized carbons (Fsp3) is 0.478. The summed E-state index contributed by atoms with van der Waals surface area (Å²) in [6.45, 7) is 8.00. The number of aryl methyl sites for hydroxylation is 2. The van der Waals surface area contributed by atoms with Gasteiger partial charge in [-0.15, -0.1) is 32.9 Å². The van der Waals surface area contributed by atoms with Crippen molar-refractivity contribution in [1.82, 2.24) is 14.8 Å². The number of thiophene rings is 2. The zero-order valence-corrected chi connectivity index (χ0v) is 21.9. The second-order valence-electron chi connectivity index (χ2n) is 8.34. The first-order valence-electron chi connectivity index (χ1n) is 11.0. The summed E-state index contributed by atoms with van der Waals surface area (Å²) in [7, 11) is 1.34. The molecule has 7 nitrogen and oxygen atoms in total. The molecule has 0 aliphatic heterocycles. The van der Waals surface area contributed by atoms with Gasteiger partial charge in [0, 0.05) is 26.7 Å². The SMILES string of the molecule is COC(=O)c1c(NC(=O)CSc2nnc(-c3csc4c3CCCC4)n2C(C)C)sc(C)c1C. The number of fused-ring (bicyclic) bond motifs is 1. The molecule has 0 bridgehead atoms. The lowest BCUT2D eigenvalue weighted by atomic mass is 9.95. The molecule has 1 amide bonds. The number of methoxy groups -OCH3 is 1. The molecule has 1 N–H and O–H groups in total. The molecule has 1 aliphatic carbocycles. The van der Waals surface area contributed by atoms with Gasteiger partial charge in [-0.2, -0.15) is 0 Å². The smallest absolute Gasteiger partial charge is 0.341 e. The topological polar surface area (TPSA) is 86.1 Å². The molecular formula is C23H28N4O3S3. The zero-order chi connectivity index (χ0) is 23.7. The molecular weight excluding hydrogens is 476 g/mol. The van der Waals surface area contributed by atoms with Crippen LogP contribution in [0.15, 0.2) is 10.5 Å². The number of nitrogens with one attached hydrogen (secondary N) is 1. The number of esters is 1. The van der Waals surface area contributed by atoms with Gasteiger partial charge in [0.25, 0.3) is 0 Å². The van der Waals surface area contributed by atoms with Gasteiger partial charge in [-0.1, -0.05) is 11.8 Å². The monoisotopic (exact) mass is 504 g/mol. The fourth-order valence-electron chi connectivity index (χ4n) is 4.06. The van der Waals surface area contributed by atoms with E-state index in [0.29, 0.717) is 10.6 Å². The zero-order valence-electron chi connectivity index (χ0n) is 19.5. The third-order valence-corrected chi connectivity index (χ3v) is 9.00. The molecule has 0 spiro atoms. The minimum absolute atomic E-state index is 0.160. The summed E-state index contributed by atoms with van der Waals surface area (Å²) in [5.74, 6) is 0.412. The summed E-state index contributed by atoms with van der Waals surface area (Å²) >= 11 is 4.56. The lowest BCUT2D eigenvalue weighted by Crippen LogP contribution is -2.16. The van der Waals surface area contributed by atoms with Crippen molar-refractivity contribution in [1.29, 1.82) is 0 Å². The third kappa shape index (κ3) is 4.74. The van der Waals surface area contributed by atoms with Crippen LogP contribution in [0.5, 0.6) is 0 Å². The Bertz CT molecular complexity index is 1190. The minimum Gasteiger partial charge on any atom is -0.465 e. The molecule has 4 rings (SSSR count). The van der Waals surface area contributed by atoms with E-state index in [1.54, 1.807) is 0 Å². The highest BCUT2D eigenvalue weighted by Gasteiger charge is 2.25. The number of hydrogen-bond acceptors (Lipinski definition) is 8. The Hall–Kier alpha value is -2.17. The summed E-state index contributed by atoms with van der Waals surface area (Å²) in [6, 6.07) is 0.160. The molecule has 1 aliphatic rings. The van der Waals surface area contributed by atoms with Gasteiger partial charge in [-0.05, 0) is 64.5 Å². The maximum atomic E-state index is 12.7. The van der Waals surface area contributed by atoms with E-state index in [-0.39, 0.29) is 17.7 Å². The van der Waals surface area contributed by atoms with E-state index >= 15 is 0 Å². The predicted octanol–water partition coefficient (Wildman–Crippen LogP) is 5.66. The molecule has 3 aromatic rings. The molecule has 0 radical (unpaired) electrons. The van der Waals surface area contributed by atoms with Gasteiger partial charge >= 0.3 is 5.97 Å². The number of aromatic nitrogens is 3. The average Bonchev–Trinajstić information content (AvgIpc) is 3.47. The van der Waals surface area contributed by atoms with E-state index in [2.05, 4.69) is 39.3 Å². The van der Waals surface area contributed by atoms with Crippen molar-refractivity contribution in [3.63, 3.8) is 0 Å². The van der Waals surface area contributed by atoms with Crippen LogP contribution in [0.2, 0.25) is 0 Å². The van der Waals surface area contributed by atoms with E-state index in [9.17, 15) is 9.59 Å². The first-order valence-corrected chi connectivity index (χ1v) is 13.6. The van der Waals surface area contributed by atoms with Crippen LogP contribution in [-0.4, -0.2) is 39.5 Å². The van der Waals surface area contributed by atoms with Crippen LogP contribution >= 0.6 is 34.4 Å².